The molecule has 0 amide bonds. The Hall–Kier alpha value is -2.62. The number of benzene rings is 2. The van der Waals surface area contributed by atoms with Crippen molar-refractivity contribution in [3.63, 3.8) is 0 Å². The van der Waals surface area contributed by atoms with Gasteiger partial charge in [-0.15, -0.1) is 0 Å². The Morgan fingerprint density at radius 2 is 1.22 bits per heavy atom. The molecule has 1 heterocycles. The summed E-state index contributed by atoms with van der Waals surface area (Å²) in [4.78, 5) is 24.4. The molecule has 2 aromatic carbocycles. The molecule has 1 saturated heterocycles. The number of ether oxygens (including phenoxy) is 2. The van der Waals surface area contributed by atoms with Crippen molar-refractivity contribution in [2.45, 2.75) is 32.0 Å². The van der Waals surface area contributed by atoms with E-state index in [0.717, 1.165) is 5.56 Å². The average molecular weight is 310 g/mol. The quantitative estimate of drug-likeness (QED) is 0.811. The average Bonchev–Trinajstić information content (AvgIpc) is 2.57. The summed E-state index contributed by atoms with van der Waals surface area (Å²) in [6.07, 6.45) is -1.99. The highest BCUT2D eigenvalue weighted by molar-refractivity contribution is 5.89. The maximum absolute atomic E-state index is 12.2. The van der Waals surface area contributed by atoms with Crippen LogP contribution in [0.3, 0.4) is 0 Å². The molecule has 2 aromatic rings. The molecule has 0 bridgehead atoms. The lowest BCUT2D eigenvalue weighted by atomic mass is 9.99. The molecule has 0 saturated carbocycles. The zero-order valence-corrected chi connectivity index (χ0v) is 13.1. The first-order chi connectivity index (χ1) is 11.1. The molecule has 2 atom stereocenters. The third kappa shape index (κ3) is 3.11. The zero-order chi connectivity index (χ0) is 16.4. The molecule has 3 rings (SSSR count). The molecule has 0 radical (unpaired) electrons. The van der Waals surface area contributed by atoms with Crippen molar-refractivity contribution in [3.05, 3.63) is 71.3 Å². The molecule has 0 spiro atoms. The number of rotatable bonds is 3. The van der Waals surface area contributed by atoms with Crippen molar-refractivity contribution in [2.24, 2.45) is 0 Å². The van der Waals surface area contributed by atoms with Gasteiger partial charge in [0.2, 0.25) is 12.2 Å². The Morgan fingerprint density at radius 1 is 0.739 bits per heavy atom. The molecule has 4 heteroatoms. The Balaban J connectivity index is 1.79. The lowest BCUT2D eigenvalue weighted by Gasteiger charge is -2.28. The van der Waals surface area contributed by atoms with E-state index in [1.807, 2.05) is 18.2 Å². The molecule has 1 aliphatic rings. The molecule has 1 aliphatic heterocycles. The van der Waals surface area contributed by atoms with Gasteiger partial charge in [0.05, 0.1) is 0 Å². The molecule has 1 fully saturated rings. The van der Waals surface area contributed by atoms with Crippen LogP contribution in [-0.2, 0) is 19.1 Å². The summed E-state index contributed by atoms with van der Waals surface area (Å²) >= 11 is 0. The normalized spacial score (nSPS) is 21.0. The number of hydrogen-bond acceptors (Lipinski definition) is 4. The second-order valence-electron chi connectivity index (χ2n) is 5.87. The van der Waals surface area contributed by atoms with Crippen LogP contribution in [0.2, 0.25) is 0 Å². The van der Waals surface area contributed by atoms with Gasteiger partial charge < -0.3 is 9.47 Å². The van der Waals surface area contributed by atoms with E-state index in [4.69, 9.17) is 9.47 Å². The minimum absolute atomic E-state index is 0.396. The Labute approximate surface area is 135 Å². The highest BCUT2D eigenvalue weighted by Crippen LogP contribution is 2.32. The van der Waals surface area contributed by atoms with Gasteiger partial charge in [-0.1, -0.05) is 68.4 Å². The second kappa shape index (κ2) is 6.24. The van der Waals surface area contributed by atoms with E-state index in [0.29, 0.717) is 17.0 Å². The summed E-state index contributed by atoms with van der Waals surface area (Å²) in [5.74, 6) is -0.697. The lowest BCUT2D eigenvalue weighted by Crippen LogP contribution is -2.34. The molecule has 118 valence electrons. The van der Waals surface area contributed by atoms with Crippen LogP contribution in [-0.4, -0.2) is 11.9 Å². The van der Waals surface area contributed by atoms with Gasteiger partial charge in [-0.05, 0) is 11.5 Å². The second-order valence-corrected chi connectivity index (χ2v) is 5.87. The number of hydrogen-bond donors (Lipinski definition) is 0. The van der Waals surface area contributed by atoms with Crippen molar-refractivity contribution in [3.8, 4) is 0 Å². The summed E-state index contributed by atoms with van der Waals surface area (Å²) in [6, 6.07) is 16.3. The minimum atomic E-state index is -0.997. The number of cyclic esters (lactones) is 2. The summed E-state index contributed by atoms with van der Waals surface area (Å²) in [6.45, 7) is 4.18. The summed E-state index contributed by atoms with van der Waals surface area (Å²) < 4.78 is 10.7. The van der Waals surface area contributed by atoms with Crippen molar-refractivity contribution in [1.29, 1.82) is 0 Å². The molecule has 2 unspecified atom stereocenters. The van der Waals surface area contributed by atoms with Gasteiger partial charge in [0.15, 0.2) is 0 Å². The largest absolute Gasteiger partial charge is 0.442 e. The maximum atomic E-state index is 12.2. The van der Waals surface area contributed by atoms with E-state index in [1.54, 1.807) is 36.4 Å². The monoisotopic (exact) mass is 310 g/mol. The molecule has 23 heavy (non-hydrogen) atoms. The van der Waals surface area contributed by atoms with Crippen molar-refractivity contribution in [1.82, 2.24) is 0 Å². The van der Waals surface area contributed by atoms with Gasteiger partial charge in [0, 0.05) is 11.1 Å². The molecule has 0 N–H and O–H groups in total. The van der Waals surface area contributed by atoms with E-state index in [1.165, 1.54) is 0 Å². The SMILES string of the molecule is CC(C)c1ccc(C2OC(=O)C(c3ccccc3)OC2=O)cc1. The van der Waals surface area contributed by atoms with E-state index < -0.39 is 24.1 Å². The van der Waals surface area contributed by atoms with Crippen molar-refractivity contribution in [2.75, 3.05) is 0 Å². The maximum Gasteiger partial charge on any atom is 0.353 e. The molecule has 0 aliphatic carbocycles. The Kier molecular flexibility index (Phi) is 4.15. The molecular weight excluding hydrogens is 292 g/mol. The smallest absolute Gasteiger partial charge is 0.353 e. The number of carbonyl (C=O) groups is 2. The first-order valence-corrected chi connectivity index (χ1v) is 7.62. The number of esters is 2. The third-order valence-electron chi connectivity index (χ3n) is 3.90. The van der Waals surface area contributed by atoms with Crippen LogP contribution in [0, 0.1) is 0 Å². The zero-order valence-electron chi connectivity index (χ0n) is 13.1. The van der Waals surface area contributed by atoms with Crippen molar-refractivity contribution < 1.29 is 19.1 Å². The topological polar surface area (TPSA) is 52.6 Å². The fraction of sp³-hybridized carbons (Fsp3) is 0.263. The Bertz CT molecular complexity index is 704. The van der Waals surface area contributed by atoms with E-state index >= 15 is 0 Å². The van der Waals surface area contributed by atoms with Crippen LogP contribution in [0.15, 0.2) is 54.6 Å². The van der Waals surface area contributed by atoms with Gasteiger partial charge in [0.25, 0.3) is 0 Å². The van der Waals surface area contributed by atoms with Crippen LogP contribution >= 0.6 is 0 Å². The fourth-order valence-corrected chi connectivity index (χ4v) is 2.54. The predicted molar refractivity (Wildman–Crippen MR) is 84.6 cm³/mol. The van der Waals surface area contributed by atoms with Gasteiger partial charge in [-0.25, -0.2) is 9.59 Å². The fourth-order valence-electron chi connectivity index (χ4n) is 2.54. The first kappa shape index (κ1) is 15.3. The van der Waals surface area contributed by atoms with Crippen molar-refractivity contribution >= 4 is 11.9 Å². The highest BCUT2D eigenvalue weighted by Gasteiger charge is 2.39. The van der Waals surface area contributed by atoms with Crippen LogP contribution < -0.4 is 0 Å². The minimum Gasteiger partial charge on any atom is -0.442 e. The predicted octanol–water partition coefficient (Wildman–Crippen LogP) is 3.69. The van der Waals surface area contributed by atoms with E-state index in [2.05, 4.69) is 13.8 Å². The third-order valence-corrected chi connectivity index (χ3v) is 3.90. The lowest BCUT2D eigenvalue weighted by molar-refractivity contribution is -0.196. The number of carbonyl (C=O) groups excluding carboxylic acids is 2. The molecule has 4 nitrogen and oxygen atoms in total. The Morgan fingerprint density at radius 3 is 1.70 bits per heavy atom. The van der Waals surface area contributed by atoms with Gasteiger partial charge in [-0.3, -0.25) is 0 Å². The standard InChI is InChI=1S/C19H18O4/c1-12(2)13-8-10-15(11-9-13)17-19(21)22-16(18(20)23-17)14-6-4-3-5-7-14/h3-12,16-17H,1-2H3. The van der Waals surface area contributed by atoms with Crippen LogP contribution in [0.1, 0.15) is 48.7 Å². The van der Waals surface area contributed by atoms with Gasteiger partial charge >= 0.3 is 11.9 Å². The van der Waals surface area contributed by atoms with Gasteiger partial charge in [0.1, 0.15) is 0 Å². The molecular formula is C19H18O4. The van der Waals surface area contributed by atoms with Gasteiger partial charge in [-0.2, -0.15) is 0 Å². The molecule has 0 aromatic heterocycles. The van der Waals surface area contributed by atoms with Crippen LogP contribution in [0.25, 0.3) is 0 Å². The summed E-state index contributed by atoms with van der Waals surface area (Å²) in [5.41, 5.74) is 2.39. The highest BCUT2D eigenvalue weighted by atomic mass is 16.6. The summed E-state index contributed by atoms with van der Waals surface area (Å²) in [5, 5.41) is 0. The van der Waals surface area contributed by atoms with Crippen LogP contribution in [0.5, 0.6) is 0 Å². The summed E-state index contributed by atoms with van der Waals surface area (Å²) in [7, 11) is 0. The van der Waals surface area contributed by atoms with Crippen LogP contribution in [0.4, 0.5) is 0 Å². The van der Waals surface area contributed by atoms with E-state index in [9.17, 15) is 9.59 Å². The first-order valence-electron chi connectivity index (χ1n) is 7.62. The van der Waals surface area contributed by atoms with E-state index in [-0.39, 0.29) is 0 Å².